The summed E-state index contributed by atoms with van der Waals surface area (Å²) < 4.78 is 25.5. The Morgan fingerprint density at radius 1 is 1.14 bits per heavy atom. The molecule has 9 heteroatoms. The van der Waals surface area contributed by atoms with E-state index in [4.69, 9.17) is 0 Å². The van der Waals surface area contributed by atoms with Gasteiger partial charge in [0, 0.05) is 5.69 Å². The summed E-state index contributed by atoms with van der Waals surface area (Å²) >= 11 is 0. The number of fused-ring (bicyclic) bond motifs is 1. The molecular weight excluding hydrogens is 392 g/mol. The van der Waals surface area contributed by atoms with Crippen molar-refractivity contribution in [3.05, 3.63) is 52.3 Å². The third-order valence-electron chi connectivity index (χ3n) is 5.81. The highest BCUT2D eigenvalue weighted by molar-refractivity contribution is 7.91. The van der Waals surface area contributed by atoms with Crippen LogP contribution in [0.1, 0.15) is 50.1 Å². The number of amides is 2. The molecule has 2 atom stereocenters. The van der Waals surface area contributed by atoms with Crippen molar-refractivity contribution in [1.29, 1.82) is 0 Å². The van der Waals surface area contributed by atoms with Gasteiger partial charge < -0.3 is 4.90 Å². The molecule has 154 valence electrons. The number of aryl methyl sites for hydroxylation is 1. The predicted molar refractivity (Wildman–Crippen MR) is 106 cm³/mol. The van der Waals surface area contributed by atoms with Crippen LogP contribution in [-0.4, -0.2) is 60.1 Å². The van der Waals surface area contributed by atoms with Crippen molar-refractivity contribution >= 4 is 21.7 Å². The van der Waals surface area contributed by atoms with E-state index < -0.39 is 9.84 Å². The average Bonchev–Trinajstić information content (AvgIpc) is 3.25. The number of carbonyl (C=O) groups is 2. The van der Waals surface area contributed by atoms with E-state index in [9.17, 15) is 18.0 Å². The Kier molecular flexibility index (Phi) is 4.82. The number of nitrogens with zero attached hydrogens (tertiary/aromatic N) is 3. The summed E-state index contributed by atoms with van der Waals surface area (Å²) in [6, 6.07) is 6.75. The maximum absolute atomic E-state index is 12.6. The Balaban J connectivity index is 1.49. The minimum Gasteiger partial charge on any atom is -0.316 e. The average molecular weight is 418 g/mol. The molecule has 1 aromatic carbocycles. The SMILES string of the molecule is Cc1nn([C@@H]2CCS(=O)(=O)C2)c(C)c1C[NH+](C)CN1C(=O)c2ccccc2C1=O. The van der Waals surface area contributed by atoms with E-state index in [1.54, 1.807) is 24.3 Å². The predicted octanol–water partition coefficient (Wildman–Crippen LogP) is 0.128. The first-order valence-electron chi connectivity index (χ1n) is 9.69. The number of quaternary nitrogens is 1. The fourth-order valence-electron chi connectivity index (χ4n) is 4.29. The van der Waals surface area contributed by atoms with Crippen LogP contribution in [0.2, 0.25) is 0 Å². The number of carbonyl (C=O) groups excluding carboxylic acids is 2. The van der Waals surface area contributed by atoms with E-state index in [0.29, 0.717) is 24.1 Å². The fraction of sp³-hybridized carbons (Fsp3) is 0.450. The second-order valence-corrected chi connectivity index (χ2v) is 10.3. The molecule has 1 N–H and O–H groups in total. The zero-order valence-corrected chi connectivity index (χ0v) is 17.6. The Morgan fingerprint density at radius 3 is 2.31 bits per heavy atom. The first-order chi connectivity index (χ1) is 13.7. The fourth-order valence-corrected chi connectivity index (χ4v) is 5.98. The van der Waals surface area contributed by atoms with Crippen molar-refractivity contribution < 1.29 is 22.9 Å². The molecular formula is C20H25N4O4S+. The molecule has 3 heterocycles. The van der Waals surface area contributed by atoms with Crippen LogP contribution in [0.15, 0.2) is 24.3 Å². The number of nitrogens with one attached hydrogen (secondary N) is 1. The Morgan fingerprint density at radius 2 is 1.76 bits per heavy atom. The molecule has 2 aliphatic heterocycles. The second kappa shape index (κ2) is 7.07. The van der Waals surface area contributed by atoms with Crippen molar-refractivity contribution in [3.63, 3.8) is 0 Å². The molecule has 1 fully saturated rings. The largest absolute Gasteiger partial charge is 0.316 e. The van der Waals surface area contributed by atoms with Gasteiger partial charge in [-0.05, 0) is 32.4 Å². The molecule has 1 aromatic heterocycles. The van der Waals surface area contributed by atoms with E-state index in [2.05, 4.69) is 5.10 Å². The summed E-state index contributed by atoms with van der Waals surface area (Å²) in [6.45, 7) is 4.71. The van der Waals surface area contributed by atoms with Gasteiger partial charge in [0.2, 0.25) is 0 Å². The molecule has 4 rings (SSSR count). The van der Waals surface area contributed by atoms with E-state index >= 15 is 0 Å². The number of aromatic nitrogens is 2. The van der Waals surface area contributed by atoms with E-state index in [1.165, 1.54) is 4.90 Å². The number of benzene rings is 1. The number of imide groups is 1. The van der Waals surface area contributed by atoms with E-state index in [1.807, 2.05) is 25.6 Å². The van der Waals surface area contributed by atoms with Crippen LogP contribution in [0.25, 0.3) is 0 Å². The maximum Gasteiger partial charge on any atom is 0.265 e. The van der Waals surface area contributed by atoms with E-state index in [0.717, 1.165) is 21.9 Å². The van der Waals surface area contributed by atoms with Crippen molar-refractivity contribution in [2.45, 2.75) is 32.9 Å². The quantitative estimate of drug-likeness (QED) is 0.698. The van der Waals surface area contributed by atoms with Gasteiger partial charge >= 0.3 is 0 Å². The van der Waals surface area contributed by atoms with Gasteiger partial charge in [-0.1, -0.05) is 12.1 Å². The smallest absolute Gasteiger partial charge is 0.265 e. The molecule has 0 bridgehead atoms. The molecule has 0 spiro atoms. The van der Waals surface area contributed by atoms with Gasteiger partial charge in [-0.25, -0.2) is 13.3 Å². The standard InChI is InChI=1S/C20H24N4O4S/c1-13-18(14(2)24(21-13)15-8-9-29(27,28)11-15)10-22(3)12-23-19(25)16-6-4-5-7-17(16)20(23)26/h4-7,15H,8-12H2,1-3H3/p+1/t15-/m1/s1. The highest BCUT2D eigenvalue weighted by atomic mass is 32.2. The van der Waals surface area contributed by atoms with Gasteiger partial charge in [-0.3, -0.25) is 14.3 Å². The van der Waals surface area contributed by atoms with Gasteiger partial charge in [-0.2, -0.15) is 5.10 Å². The third-order valence-corrected chi connectivity index (χ3v) is 7.56. The monoisotopic (exact) mass is 417 g/mol. The highest BCUT2D eigenvalue weighted by Crippen LogP contribution is 2.26. The molecule has 0 aliphatic carbocycles. The first kappa shape index (κ1) is 19.8. The molecule has 1 unspecified atom stereocenters. The summed E-state index contributed by atoms with van der Waals surface area (Å²) in [6.07, 6.45) is 0.585. The molecule has 1 saturated heterocycles. The van der Waals surface area contributed by atoms with Crippen LogP contribution in [0.5, 0.6) is 0 Å². The van der Waals surface area contributed by atoms with Gasteiger partial charge in [0.25, 0.3) is 11.8 Å². The summed E-state index contributed by atoms with van der Waals surface area (Å²) in [7, 11) is -1.06. The Labute approximate surface area is 170 Å². The highest BCUT2D eigenvalue weighted by Gasteiger charge is 2.37. The van der Waals surface area contributed by atoms with Crippen LogP contribution in [0.3, 0.4) is 0 Å². The lowest BCUT2D eigenvalue weighted by Crippen LogP contribution is -3.09. The summed E-state index contributed by atoms with van der Waals surface area (Å²) in [5.74, 6) is -0.182. The third kappa shape index (κ3) is 3.49. The zero-order valence-electron chi connectivity index (χ0n) is 16.8. The van der Waals surface area contributed by atoms with Gasteiger partial charge in [-0.15, -0.1) is 0 Å². The summed E-state index contributed by atoms with van der Waals surface area (Å²) in [4.78, 5) is 27.4. The minimum absolute atomic E-state index is 0.121. The van der Waals surface area contributed by atoms with E-state index in [-0.39, 0.29) is 36.0 Å². The van der Waals surface area contributed by atoms with Crippen LogP contribution in [0.4, 0.5) is 0 Å². The topological polar surface area (TPSA) is 93.8 Å². The summed E-state index contributed by atoms with van der Waals surface area (Å²) in [5.41, 5.74) is 3.74. The van der Waals surface area contributed by atoms with Gasteiger partial charge in [0.05, 0.1) is 47.0 Å². The number of hydrogen-bond donors (Lipinski definition) is 1. The van der Waals surface area contributed by atoms with Gasteiger partial charge in [0.1, 0.15) is 6.54 Å². The summed E-state index contributed by atoms with van der Waals surface area (Å²) in [5, 5.41) is 4.60. The van der Waals surface area contributed by atoms with Crippen molar-refractivity contribution in [2.24, 2.45) is 0 Å². The molecule has 0 saturated carbocycles. The second-order valence-electron chi connectivity index (χ2n) is 8.03. The number of rotatable bonds is 5. The Bertz CT molecular complexity index is 1070. The maximum atomic E-state index is 12.6. The molecule has 2 aromatic rings. The van der Waals surface area contributed by atoms with Crippen LogP contribution in [-0.2, 0) is 16.4 Å². The lowest BCUT2D eigenvalue weighted by atomic mass is 10.1. The van der Waals surface area contributed by atoms with Gasteiger partial charge in [0.15, 0.2) is 16.5 Å². The van der Waals surface area contributed by atoms with Crippen LogP contribution < -0.4 is 4.90 Å². The lowest BCUT2D eigenvalue weighted by molar-refractivity contribution is -0.901. The normalized spacial score (nSPS) is 21.6. The van der Waals surface area contributed by atoms with Crippen molar-refractivity contribution in [2.75, 3.05) is 25.2 Å². The molecule has 2 aliphatic rings. The van der Waals surface area contributed by atoms with Crippen molar-refractivity contribution in [1.82, 2.24) is 14.7 Å². The molecule has 29 heavy (non-hydrogen) atoms. The minimum atomic E-state index is -2.99. The van der Waals surface area contributed by atoms with Crippen LogP contribution >= 0.6 is 0 Å². The number of hydrogen-bond acceptors (Lipinski definition) is 5. The molecule has 2 amide bonds. The van der Waals surface area contributed by atoms with Crippen LogP contribution in [0, 0.1) is 13.8 Å². The number of sulfone groups is 1. The van der Waals surface area contributed by atoms with Crippen molar-refractivity contribution in [3.8, 4) is 0 Å². The zero-order chi connectivity index (χ0) is 20.9. The first-order valence-corrected chi connectivity index (χ1v) is 11.5. The lowest BCUT2D eigenvalue weighted by Gasteiger charge is -2.20. The Hall–Kier alpha value is -2.52. The molecule has 8 nitrogen and oxygen atoms in total. The molecule has 0 radical (unpaired) electrons.